The van der Waals surface area contributed by atoms with Crippen molar-refractivity contribution in [1.82, 2.24) is 0 Å². The van der Waals surface area contributed by atoms with Gasteiger partial charge < -0.3 is 14.2 Å². The number of unbranched alkanes of at least 4 members (excludes halogenated alkanes) is 5. The van der Waals surface area contributed by atoms with Crippen LogP contribution < -0.4 is 0 Å². The molecule has 0 aromatic heterocycles. The van der Waals surface area contributed by atoms with E-state index in [0.717, 1.165) is 141 Å². The van der Waals surface area contributed by atoms with Gasteiger partial charge in [-0.15, -0.1) is 0 Å². The lowest BCUT2D eigenvalue weighted by molar-refractivity contribution is -0.166. The van der Waals surface area contributed by atoms with Crippen LogP contribution in [0.5, 0.6) is 0 Å². The van der Waals surface area contributed by atoms with Crippen molar-refractivity contribution in [3.8, 4) is 0 Å². The summed E-state index contributed by atoms with van der Waals surface area (Å²) >= 11 is 0. The molecular weight excluding hydrogens is 973 g/mol. The highest BCUT2D eigenvalue weighted by atomic mass is 16.6. The Balaban J connectivity index is 4.67. The second-order valence-corrected chi connectivity index (χ2v) is 18.8. The molecule has 0 saturated heterocycles. The Morgan fingerprint density at radius 1 is 0.266 bits per heavy atom. The van der Waals surface area contributed by atoms with E-state index in [1.165, 1.54) is 0 Å². The van der Waals surface area contributed by atoms with Crippen LogP contribution in [0.15, 0.2) is 219 Å². The molecule has 434 valence electrons. The Hall–Kier alpha value is -6.27. The van der Waals surface area contributed by atoms with Gasteiger partial charge in [0.15, 0.2) is 6.10 Å². The van der Waals surface area contributed by atoms with E-state index in [2.05, 4.69) is 227 Å². The summed E-state index contributed by atoms with van der Waals surface area (Å²) < 4.78 is 16.7. The summed E-state index contributed by atoms with van der Waals surface area (Å²) in [6, 6.07) is 0. The smallest absolute Gasteiger partial charge is 0.309 e. The fraction of sp³-hybridized carbons (Fsp3) is 0.466. The van der Waals surface area contributed by atoms with Crippen molar-refractivity contribution in [3.05, 3.63) is 219 Å². The van der Waals surface area contributed by atoms with Crippen molar-refractivity contribution in [2.75, 3.05) is 13.2 Å². The molecule has 0 saturated carbocycles. The predicted molar refractivity (Wildman–Crippen MR) is 343 cm³/mol. The van der Waals surface area contributed by atoms with Crippen molar-refractivity contribution < 1.29 is 28.6 Å². The van der Waals surface area contributed by atoms with Crippen LogP contribution in [0.25, 0.3) is 0 Å². The fourth-order valence-electron chi connectivity index (χ4n) is 7.09. The molecule has 0 fully saturated rings. The maximum Gasteiger partial charge on any atom is 0.309 e. The Labute approximate surface area is 482 Å². The van der Waals surface area contributed by atoms with Crippen molar-refractivity contribution in [2.24, 2.45) is 0 Å². The molecule has 0 aromatic rings. The molecule has 79 heavy (non-hydrogen) atoms. The third-order valence-electron chi connectivity index (χ3n) is 11.5. The summed E-state index contributed by atoms with van der Waals surface area (Å²) in [5.74, 6) is -1.19. The topological polar surface area (TPSA) is 78.9 Å². The van der Waals surface area contributed by atoms with E-state index >= 15 is 0 Å². The van der Waals surface area contributed by atoms with Crippen LogP contribution in [0, 0.1) is 0 Å². The SMILES string of the molecule is CC/C=C\C/C=C\C/C=C\C/C=C\C/C=C\C/C=C\C/C=C\CCCC(=O)OCC(COC(=O)C/C=C\C/C=C\C/C=C\C/C=C\C/C=C\CC)OC(=O)CCCCCC/C=C\C/C=C\C/C=C\C/C=C\C/C=C\C/C=C\CC. The lowest BCUT2D eigenvalue weighted by Gasteiger charge is -2.18. The van der Waals surface area contributed by atoms with Crippen molar-refractivity contribution >= 4 is 17.9 Å². The molecule has 0 aliphatic carbocycles. The highest BCUT2D eigenvalue weighted by Gasteiger charge is 2.19. The van der Waals surface area contributed by atoms with E-state index in [4.69, 9.17) is 14.2 Å². The molecule has 0 aliphatic heterocycles. The Morgan fingerprint density at radius 2 is 0.519 bits per heavy atom. The highest BCUT2D eigenvalue weighted by molar-refractivity contribution is 5.72. The minimum absolute atomic E-state index is 0.0974. The first-order valence-corrected chi connectivity index (χ1v) is 30.2. The zero-order chi connectivity index (χ0) is 57.1. The lowest BCUT2D eigenvalue weighted by Crippen LogP contribution is -2.30. The number of carbonyl (C=O) groups is 3. The van der Waals surface area contributed by atoms with Crippen LogP contribution in [-0.2, 0) is 28.6 Å². The quantitative estimate of drug-likeness (QED) is 0.0261. The van der Waals surface area contributed by atoms with Gasteiger partial charge in [-0.2, -0.15) is 0 Å². The largest absolute Gasteiger partial charge is 0.462 e. The van der Waals surface area contributed by atoms with Gasteiger partial charge in [-0.3, -0.25) is 14.4 Å². The van der Waals surface area contributed by atoms with E-state index < -0.39 is 12.1 Å². The van der Waals surface area contributed by atoms with Crippen LogP contribution in [0.4, 0.5) is 0 Å². The minimum atomic E-state index is -0.872. The van der Waals surface area contributed by atoms with E-state index in [1.54, 1.807) is 6.08 Å². The van der Waals surface area contributed by atoms with Gasteiger partial charge >= 0.3 is 17.9 Å². The summed E-state index contributed by atoms with van der Waals surface area (Å²) in [4.78, 5) is 38.2. The average Bonchev–Trinajstić information content (AvgIpc) is 3.45. The average molecular weight is 1080 g/mol. The van der Waals surface area contributed by atoms with Crippen LogP contribution in [0.3, 0.4) is 0 Å². The predicted octanol–water partition coefficient (Wildman–Crippen LogP) is 21.0. The van der Waals surface area contributed by atoms with Gasteiger partial charge in [0.2, 0.25) is 0 Å². The first-order valence-electron chi connectivity index (χ1n) is 30.2. The molecule has 6 nitrogen and oxygen atoms in total. The maximum absolute atomic E-state index is 12.9. The molecule has 1 unspecified atom stereocenters. The highest BCUT2D eigenvalue weighted by Crippen LogP contribution is 2.10. The molecule has 0 bridgehead atoms. The van der Waals surface area contributed by atoms with Crippen LogP contribution >= 0.6 is 0 Å². The van der Waals surface area contributed by atoms with Gasteiger partial charge in [-0.1, -0.05) is 252 Å². The molecule has 1 atom stereocenters. The van der Waals surface area contributed by atoms with Gasteiger partial charge in [-0.25, -0.2) is 0 Å². The summed E-state index contributed by atoms with van der Waals surface area (Å²) in [5, 5.41) is 0. The number of hydrogen-bond donors (Lipinski definition) is 0. The second kappa shape index (κ2) is 64.3. The van der Waals surface area contributed by atoms with Gasteiger partial charge in [0.05, 0.1) is 6.42 Å². The first kappa shape index (κ1) is 72.7. The molecule has 0 spiro atoms. The third-order valence-corrected chi connectivity index (χ3v) is 11.5. The van der Waals surface area contributed by atoms with Crippen molar-refractivity contribution in [2.45, 2.75) is 207 Å². The standard InChI is InChI=1S/C73H106O6/c1-4-7-10-13-16-19-22-25-28-30-32-34-36-38-40-42-45-48-51-54-57-60-63-66-72(75)78-69-70(68-77-71(74)65-62-59-56-53-50-47-44-27-24-21-18-15-12-9-6-3)79-73(76)67-64-61-58-55-52-49-46-43-41-39-37-35-33-31-29-26-23-20-17-14-11-8-5-2/h7-12,16-21,25-29,32-35,38-41,44-46,48-50,53-54,57,59,62,70H,4-6,13-15,22-24,30-31,36-37,42-43,47,51-52,55-56,58,60-61,63-69H2,1-3H3/b10-7-,11-8-,12-9-,19-16-,20-17-,21-18-,28-25-,29-26-,34-32-,35-33-,40-38-,41-39-,44-27-,48-45-,49-46-,53-50-,57-54-,62-59-. The summed E-state index contributed by atoms with van der Waals surface area (Å²) in [5.41, 5.74) is 0. The maximum atomic E-state index is 12.9. The molecule has 0 heterocycles. The van der Waals surface area contributed by atoms with Gasteiger partial charge in [0.25, 0.3) is 0 Å². The van der Waals surface area contributed by atoms with Gasteiger partial charge in [0, 0.05) is 12.8 Å². The van der Waals surface area contributed by atoms with E-state index in [0.29, 0.717) is 19.3 Å². The number of ether oxygens (including phenoxy) is 3. The molecule has 0 aromatic carbocycles. The molecule has 0 rings (SSSR count). The zero-order valence-electron chi connectivity index (χ0n) is 49.5. The van der Waals surface area contributed by atoms with Crippen molar-refractivity contribution in [1.29, 1.82) is 0 Å². The second-order valence-electron chi connectivity index (χ2n) is 18.8. The summed E-state index contributed by atoms with van der Waals surface area (Å²) in [6.07, 6.45) is 101. The van der Waals surface area contributed by atoms with E-state index in [9.17, 15) is 14.4 Å². The van der Waals surface area contributed by atoms with E-state index in [1.807, 2.05) is 6.08 Å². The van der Waals surface area contributed by atoms with Gasteiger partial charge in [-0.05, 0) is 148 Å². The summed E-state index contributed by atoms with van der Waals surface area (Å²) in [6.45, 7) is 6.11. The third kappa shape index (κ3) is 62.5. The monoisotopic (exact) mass is 1080 g/mol. The molecule has 0 N–H and O–H groups in total. The Bertz CT molecular complexity index is 2010. The number of allylic oxidation sites excluding steroid dienone is 35. The normalized spacial score (nSPS) is 13.7. The van der Waals surface area contributed by atoms with E-state index in [-0.39, 0.29) is 44.4 Å². The molecule has 0 radical (unpaired) electrons. The molecule has 6 heteroatoms. The van der Waals surface area contributed by atoms with Gasteiger partial charge in [0.1, 0.15) is 13.2 Å². The molecule has 0 amide bonds. The first-order chi connectivity index (χ1) is 39.0. The Morgan fingerprint density at radius 3 is 0.848 bits per heavy atom. The number of carbonyl (C=O) groups excluding carboxylic acids is 3. The van der Waals surface area contributed by atoms with Crippen LogP contribution in [0.1, 0.15) is 201 Å². The number of esters is 3. The lowest BCUT2D eigenvalue weighted by atomic mass is 10.1. The van der Waals surface area contributed by atoms with Crippen LogP contribution in [-0.4, -0.2) is 37.2 Å². The zero-order valence-corrected chi connectivity index (χ0v) is 49.5. The van der Waals surface area contributed by atoms with Crippen LogP contribution in [0.2, 0.25) is 0 Å². The minimum Gasteiger partial charge on any atom is -0.462 e. The number of hydrogen-bond acceptors (Lipinski definition) is 6. The number of rotatable bonds is 51. The fourth-order valence-corrected chi connectivity index (χ4v) is 7.09. The Kier molecular flexibility index (Phi) is 59.2. The summed E-state index contributed by atoms with van der Waals surface area (Å²) in [7, 11) is 0. The molecular formula is C73H106O6. The van der Waals surface area contributed by atoms with Crippen molar-refractivity contribution in [3.63, 3.8) is 0 Å². The molecule has 0 aliphatic rings.